The van der Waals surface area contributed by atoms with Crippen LogP contribution >= 0.6 is 0 Å². The minimum atomic E-state index is 0.447. The number of rotatable bonds is 1. The third-order valence-corrected chi connectivity index (χ3v) is 3.89. The second-order valence-electron chi connectivity index (χ2n) is 5.00. The van der Waals surface area contributed by atoms with Crippen molar-refractivity contribution < 1.29 is 0 Å². The second kappa shape index (κ2) is 4.89. The van der Waals surface area contributed by atoms with Crippen LogP contribution in [0.5, 0.6) is 0 Å². The summed E-state index contributed by atoms with van der Waals surface area (Å²) in [5.41, 5.74) is 6.94. The molecule has 0 spiro atoms. The van der Waals surface area contributed by atoms with Gasteiger partial charge in [-0.2, -0.15) is 0 Å². The molecule has 0 heteroatoms. The molecule has 2 aromatic carbocycles. The summed E-state index contributed by atoms with van der Waals surface area (Å²) in [5.74, 6) is 0.447. The third kappa shape index (κ3) is 1.94. The van der Waals surface area contributed by atoms with Gasteiger partial charge in [-0.05, 0) is 34.8 Å². The van der Waals surface area contributed by atoms with E-state index in [4.69, 9.17) is 0 Å². The minimum absolute atomic E-state index is 0.447. The highest BCUT2D eigenvalue weighted by atomic mass is 14.3. The molecule has 0 N–H and O–H groups in total. The highest BCUT2D eigenvalue weighted by Crippen LogP contribution is 2.45. The van der Waals surface area contributed by atoms with Gasteiger partial charge < -0.3 is 0 Å². The van der Waals surface area contributed by atoms with Crippen LogP contribution in [0, 0.1) is 0 Å². The fourth-order valence-corrected chi connectivity index (χ4v) is 2.92. The van der Waals surface area contributed by atoms with Crippen LogP contribution in [0.3, 0.4) is 0 Å². The van der Waals surface area contributed by atoms with Crippen molar-refractivity contribution in [2.24, 2.45) is 0 Å². The Balaban J connectivity index is 2.29. The van der Waals surface area contributed by atoms with Gasteiger partial charge in [-0.15, -0.1) is 0 Å². The van der Waals surface area contributed by atoms with E-state index in [0.717, 1.165) is 0 Å². The molecular formula is C19H18. The summed E-state index contributed by atoms with van der Waals surface area (Å²) in [4.78, 5) is 0. The zero-order chi connectivity index (χ0) is 13.2. The van der Waals surface area contributed by atoms with Crippen LogP contribution in [0.1, 0.15) is 30.9 Å². The third-order valence-electron chi connectivity index (χ3n) is 3.89. The molecule has 2 aromatic rings. The van der Waals surface area contributed by atoms with E-state index in [1.165, 1.54) is 27.8 Å². The van der Waals surface area contributed by atoms with E-state index in [2.05, 4.69) is 80.6 Å². The molecule has 0 fully saturated rings. The maximum absolute atomic E-state index is 2.30. The molecule has 3 rings (SSSR count). The first kappa shape index (κ1) is 12.0. The maximum atomic E-state index is 2.30. The molecule has 0 aliphatic heterocycles. The highest BCUT2D eigenvalue weighted by Gasteiger charge is 2.24. The van der Waals surface area contributed by atoms with Gasteiger partial charge in [0, 0.05) is 5.92 Å². The summed E-state index contributed by atoms with van der Waals surface area (Å²) in [7, 11) is 0. The molecule has 19 heavy (non-hydrogen) atoms. The summed E-state index contributed by atoms with van der Waals surface area (Å²) in [6.07, 6.45) is 6.47. The van der Waals surface area contributed by atoms with Crippen molar-refractivity contribution in [3.05, 3.63) is 77.9 Å². The number of hydrogen-bond acceptors (Lipinski definition) is 0. The number of hydrogen-bond donors (Lipinski definition) is 0. The van der Waals surface area contributed by atoms with Crippen LogP contribution in [-0.4, -0.2) is 0 Å². The van der Waals surface area contributed by atoms with E-state index in [0.29, 0.717) is 5.92 Å². The average molecular weight is 246 g/mol. The van der Waals surface area contributed by atoms with E-state index in [1.807, 2.05) is 0 Å². The first-order valence-corrected chi connectivity index (χ1v) is 6.84. The largest absolute Gasteiger partial charge is 0.0877 e. The monoisotopic (exact) mass is 246 g/mol. The molecule has 0 amide bonds. The van der Waals surface area contributed by atoms with Crippen LogP contribution in [0.4, 0.5) is 0 Å². The molecule has 94 valence electrons. The molecule has 0 radical (unpaired) electrons. The van der Waals surface area contributed by atoms with E-state index in [-0.39, 0.29) is 0 Å². The van der Waals surface area contributed by atoms with Crippen molar-refractivity contribution in [3.8, 4) is 11.1 Å². The molecule has 0 heterocycles. The Morgan fingerprint density at radius 2 is 1.47 bits per heavy atom. The van der Waals surface area contributed by atoms with Gasteiger partial charge in [0.1, 0.15) is 0 Å². The number of allylic oxidation sites excluding steroid dienone is 4. The Bertz CT molecular complexity index is 659. The lowest BCUT2D eigenvalue weighted by Gasteiger charge is -2.28. The lowest BCUT2D eigenvalue weighted by Crippen LogP contribution is -2.07. The smallest absolute Gasteiger partial charge is 0.00733 e. The summed E-state index contributed by atoms with van der Waals surface area (Å²) in [6, 6.07) is 17.5. The van der Waals surface area contributed by atoms with Gasteiger partial charge in [0.15, 0.2) is 0 Å². The predicted molar refractivity (Wildman–Crippen MR) is 83.1 cm³/mol. The Labute approximate surface area is 115 Å². The summed E-state index contributed by atoms with van der Waals surface area (Å²) in [6.45, 7) is 4.36. The van der Waals surface area contributed by atoms with Crippen molar-refractivity contribution in [2.45, 2.75) is 19.8 Å². The molecule has 0 saturated carbocycles. The average Bonchev–Trinajstić information content (AvgIpc) is 2.47. The van der Waals surface area contributed by atoms with E-state index < -0.39 is 0 Å². The van der Waals surface area contributed by atoms with Crippen LogP contribution in [0.2, 0.25) is 0 Å². The zero-order valence-electron chi connectivity index (χ0n) is 11.4. The number of fused-ring (bicyclic) bond motifs is 3. The van der Waals surface area contributed by atoms with Crippen molar-refractivity contribution in [2.75, 3.05) is 0 Å². The number of benzene rings is 2. The Morgan fingerprint density at radius 1 is 0.842 bits per heavy atom. The normalized spacial score (nSPS) is 19.5. The molecule has 1 aliphatic rings. The first-order chi connectivity index (χ1) is 9.33. The highest BCUT2D eigenvalue weighted by molar-refractivity contribution is 5.91. The molecule has 0 nitrogen and oxygen atoms in total. The van der Waals surface area contributed by atoms with Crippen molar-refractivity contribution >= 4 is 5.57 Å². The predicted octanol–water partition coefficient (Wildman–Crippen LogP) is 5.43. The SMILES string of the molecule is C/C=C\C=C1\c2ccccc2-c2ccccc2C1C. The van der Waals surface area contributed by atoms with E-state index >= 15 is 0 Å². The second-order valence-corrected chi connectivity index (χ2v) is 5.00. The van der Waals surface area contributed by atoms with Gasteiger partial charge in [-0.25, -0.2) is 0 Å². The fourth-order valence-electron chi connectivity index (χ4n) is 2.92. The van der Waals surface area contributed by atoms with Gasteiger partial charge >= 0.3 is 0 Å². The maximum Gasteiger partial charge on any atom is 0.00733 e. The van der Waals surface area contributed by atoms with Crippen molar-refractivity contribution in [3.63, 3.8) is 0 Å². The molecule has 1 aliphatic carbocycles. The minimum Gasteiger partial charge on any atom is -0.0877 e. The van der Waals surface area contributed by atoms with Crippen LogP contribution < -0.4 is 0 Å². The standard InChI is InChI=1S/C19H18/c1-3-4-9-15-14(2)16-10-5-6-11-18(16)19-13-8-7-12-17(15)19/h3-14H,1-2H3/b4-3-,15-9+. The molecule has 0 aromatic heterocycles. The van der Waals surface area contributed by atoms with Crippen LogP contribution in [-0.2, 0) is 0 Å². The lowest BCUT2D eigenvalue weighted by atomic mass is 9.76. The van der Waals surface area contributed by atoms with Gasteiger partial charge in [0.25, 0.3) is 0 Å². The molecule has 1 unspecified atom stereocenters. The summed E-state index contributed by atoms with van der Waals surface area (Å²) >= 11 is 0. The van der Waals surface area contributed by atoms with Crippen molar-refractivity contribution in [1.29, 1.82) is 0 Å². The Kier molecular flexibility index (Phi) is 3.08. The van der Waals surface area contributed by atoms with Gasteiger partial charge in [0.05, 0.1) is 0 Å². The summed E-state index contributed by atoms with van der Waals surface area (Å²) < 4.78 is 0. The van der Waals surface area contributed by atoms with Gasteiger partial charge in [0.2, 0.25) is 0 Å². The topological polar surface area (TPSA) is 0 Å². The lowest BCUT2D eigenvalue weighted by molar-refractivity contribution is 0.979. The van der Waals surface area contributed by atoms with Crippen LogP contribution in [0.25, 0.3) is 16.7 Å². The molecule has 0 bridgehead atoms. The van der Waals surface area contributed by atoms with E-state index in [1.54, 1.807) is 0 Å². The Morgan fingerprint density at radius 3 is 2.21 bits per heavy atom. The van der Waals surface area contributed by atoms with E-state index in [9.17, 15) is 0 Å². The molecule has 1 atom stereocenters. The Hall–Kier alpha value is -2.08. The first-order valence-electron chi connectivity index (χ1n) is 6.84. The summed E-state index contributed by atoms with van der Waals surface area (Å²) in [5, 5.41) is 0. The van der Waals surface area contributed by atoms with Crippen molar-refractivity contribution in [1.82, 2.24) is 0 Å². The van der Waals surface area contributed by atoms with Gasteiger partial charge in [-0.3, -0.25) is 0 Å². The fraction of sp³-hybridized carbons (Fsp3) is 0.158. The zero-order valence-corrected chi connectivity index (χ0v) is 11.4. The molecule has 0 saturated heterocycles. The van der Waals surface area contributed by atoms with Gasteiger partial charge in [-0.1, -0.05) is 73.7 Å². The quantitative estimate of drug-likeness (QED) is 0.629. The molecular weight excluding hydrogens is 228 g/mol. The van der Waals surface area contributed by atoms with Crippen LogP contribution in [0.15, 0.2) is 66.8 Å².